The number of aromatic nitrogens is 4. The molecule has 4 heterocycles. The van der Waals surface area contributed by atoms with E-state index in [2.05, 4.69) is 15.0 Å². The Morgan fingerprint density at radius 1 is 1.19 bits per heavy atom. The van der Waals surface area contributed by atoms with Crippen molar-refractivity contribution in [3.63, 3.8) is 0 Å². The standard InChI is InChI=1S/C15H22N5O10P/c16-13-9-14(18-4-17-13)20(5-19-9)15-12(24)11(23)7(29-15)3-28-31(25,26)30-8-2-27-6(1-21)10(8)22/h4-8,10-12,15,21-24H,1-3H2,(H,25,26)(H2,16,17,18)/t6-,7-,8+,10-,11-,12-,15-/m1/s1. The molecule has 7 N–H and O–H groups in total. The van der Waals surface area contributed by atoms with Gasteiger partial charge < -0.3 is 40.5 Å². The van der Waals surface area contributed by atoms with Crippen molar-refractivity contribution in [1.82, 2.24) is 19.5 Å². The quantitative estimate of drug-likeness (QED) is 0.230. The van der Waals surface area contributed by atoms with E-state index >= 15 is 0 Å². The first kappa shape index (κ1) is 22.4. The second-order valence-electron chi connectivity index (χ2n) is 7.08. The highest BCUT2D eigenvalue weighted by Crippen LogP contribution is 2.47. The Bertz CT molecular complexity index is 977. The lowest BCUT2D eigenvalue weighted by Gasteiger charge is -2.21. The molecule has 2 aliphatic rings. The maximum atomic E-state index is 12.2. The van der Waals surface area contributed by atoms with Gasteiger partial charge >= 0.3 is 7.82 Å². The number of ether oxygens (including phenoxy) is 2. The van der Waals surface area contributed by atoms with E-state index in [-0.39, 0.29) is 23.6 Å². The van der Waals surface area contributed by atoms with Crippen LogP contribution in [0.2, 0.25) is 0 Å². The van der Waals surface area contributed by atoms with Gasteiger partial charge in [-0.2, -0.15) is 0 Å². The van der Waals surface area contributed by atoms with Crippen LogP contribution in [0.4, 0.5) is 5.82 Å². The number of nitrogen functional groups attached to an aromatic ring is 1. The number of nitrogens with two attached hydrogens (primary N) is 1. The van der Waals surface area contributed by atoms with Crippen LogP contribution in [0.25, 0.3) is 11.2 Å². The molecule has 2 saturated heterocycles. The summed E-state index contributed by atoms with van der Waals surface area (Å²) < 4.78 is 34.0. The van der Waals surface area contributed by atoms with Gasteiger partial charge in [-0.05, 0) is 0 Å². The lowest BCUT2D eigenvalue weighted by Crippen LogP contribution is -2.35. The third-order valence-corrected chi connectivity index (χ3v) is 6.10. The third-order valence-electron chi connectivity index (χ3n) is 5.09. The zero-order chi connectivity index (χ0) is 22.3. The molecule has 0 bridgehead atoms. The van der Waals surface area contributed by atoms with Gasteiger partial charge in [-0.25, -0.2) is 19.5 Å². The number of aliphatic hydroxyl groups excluding tert-OH is 4. The van der Waals surface area contributed by atoms with Gasteiger partial charge in [0.2, 0.25) is 0 Å². The van der Waals surface area contributed by atoms with Crippen molar-refractivity contribution in [3.8, 4) is 0 Å². The number of rotatable bonds is 7. The molecular formula is C15H22N5O10P. The number of phosphoric ester groups is 1. The Morgan fingerprint density at radius 3 is 2.68 bits per heavy atom. The Labute approximate surface area is 174 Å². The number of imidazole rings is 1. The molecule has 0 saturated carbocycles. The van der Waals surface area contributed by atoms with E-state index in [9.17, 15) is 24.8 Å². The van der Waals surface area contributed by atoms with Gasteiger partial charge in [0.1, 0.15) is 48.5 Å². The molecule has 172 valence electrons. The average molecular weight is 463 g/mol. The number of nitrogens with zero attached hydrogens (tertiary/aromatic N) is 4. The van der Waals surface area contributed by atoms with Crippen LogP contribution in [0.15, 0.2) is 12.7 Å². The predicted octanol–water partition coefficient (Wildman–Crippen LogP) is -2.72. The molecule has 0 aromatic carbocycles. The zero-order valence-electron chi connectivity index (χ0n) is 15.9. The summed E-state index contributed by atoms with van der Waals surface area (Å²) in [6, 6.07) is 0. The third kappa shape index (κ3) is 4.29. The van der Waals surface area contributed by atoms with Crippen molar-refractivity contribution in [2.75, 3.05) is 25.6 Å². The van der Waals surface area contributed by atoms with Crippen molar-refractivity contribution in [3.05, 3.63) is 12.7 Å². The maximum absolute atomic E-state index is 12.2. The van der Waals surface area contributed by atoms with Crippen molar-refractivity contribution in [1.29, 1.82) is 0 Å². The Morgan fingerprint density at radius 2 is 1.97 bits per heavy atom. The SMILES string of the molecule is Nc1ncnc2c1ncn2[C@@H]1O[C@H](COP(=O)(O)O[C@H]2CO[C@H](CO)[C@H]2O)[C@@H](O)[C@H]1O. The summed E-state index contributed by atoms with van der Waals surface area (Å²) in [6.07, 6.45) is -6.18. The molecule has 2 fully saturated rings. The van der Waals surface area contributed by atoms with Crippen LogP contribution in [0.1, 0.15) is 6.23 Å². The second-order valence-corrected chi connectivity index (χ2v) is 8.49. The number of aliphatic hydroxyl groups is 4. The highest BCUT2D eigenvalue weighted by molar-refractivity contribution is 7.47. The van der Waals surface area contributed by atoms with Gasteiger partial charge in [-0.3, -0.25) is 13.6 Å². The molecule has 8 atom stereocenters. The van der Waals surface area contributed by atoms with E-state index in [0.717, 1.165) is 0 Å². The van der Waals surface area contributed by atoms with E-state index < -0.39 is 63.9 Å². The van der Waals surface area contributed by atoms with E-state index in [1.165, 1.54) is 17.2 Å². The fourth-order valence-electron chi connectivity index (χ4n) is 3.43. The molecule has 4 rings (SSSR count). The van der Waals surface area contributed by atoms with Gasteiger partial charge in [-0.15, -0.1) is 0 Å². The molecule has 16 heteroatoms. The summed E-state index contributed by atoms with van der Waals surface area (Å²) in [5.74, 6) is 0.122. The summed E-state index contributed by atoms with van der Waals surface area (Å²) >= 11 is 0. The first-order chi connectivity index (χ1) is 14.7. The summed E-state index contributed by atoms with van der Waals surface area (Å²) in [5, 5.41) is 39.6. The number of anilines is 1. The Hall–Kier alpha value is -1.78. The van der Waals surface area contributed by atoms with Crippen LogP contribution in [-0.4, -0.2) is 101 Å². The monoisotopic (exact) mass is 463 g/mol. The van der Waals surface area contributed by atoms with Gasteiger partial charge in [-0.1, -0.05) is 0 Å². The minimum Gasteiger partial charge on any atom is -0.394 e. The van der Waals surface area contributed by atoms with E-state index in [1.807, 2.05) is 0 Å². The van der Waals surface area contributed by atoms with E-state index in [4.69, 9.17) is 29.4 Å². The molecular weight excluding hydrogens is 441 g/mol. The molecule has 15 nitrogen and oxygen atoms in total. The average Bonchev–Trinajstić information content (AvgIpc) is 3.39. The van der Waals surface area contributed by atoms with Crippen LogP contribution < -0.4 is 5.73 Å². The van der Waals surface area contributed by atoms with Crippen molar-refractivity contribution in [2.45, 2.75) is 42.9 Å². The van der Waals surface area contributed by atoms with Crippen LogP contribution in [-0.2, 0) is 23.1 Å². The highest BCUT2D eigenvalue weighted by Gasteiger charge is 2.46. The highest BCUT2D eigenvalue weighted by atomic mass is 31.2. The fraction of sp³-hybridized carbons (Fsp3) is 0.667. The molecule has 2 aromatic rings. The van der Waals surface area contributed by atoms with Crippen LogP contribution in [0.5, 0.6) is 0 Å². The topological polar surface area (TPSA) is 225 Å². The molecule has 0 aliphatic carbocycles. The van der Waals surface area contributed by atoms with Crippen LogP contribution in [0, 0.1) is 0 Å². The molecule has 1 unspecified atom stereocenters. The van der Waals surface area contributed by atoms with Crippen molar-refractivity contribution < 1.29 is 48.4 Å². The Kier molecular flexibility index (Phi) is 6.24. The largest absolute Gasteiger partial charge is 0.472 e. The first-order valence-electron chi connectivity index (χ1n) is 9.22. The van der Waals surface area contributed by atoms with Gasteiger partial charge in [0, 0.05) is 0 Å². The summed E-state index contributed by atoms with van der Waals surface area (Å²) in [7, 11) is -4.69. The minimum atomic E-state index is -4.69. The van der Waals surface area contributed by atoms with Gasteiger partial charge in [0.25, 0.3) is 0 Å². The van der Waals surface area contributed by atoms with E-state index in [0.29, 0.717) is 0 Å². The lowest BCUT2D eigenvalue weighted by molar-refractivity contribution is -0.0544. The Balaban J connectivity index is 1.40. The number of hydrogen-bond donors (Lipinski definition) is 6. The summed E-state index contributed by atoms with van der Waals surface area (Å²) in [6.45, 7) is -1.32. The van der Waals surface area contributed by atoms with Crippen molar-refractivity contribution in [2.24, 2.45) is 0 Å². The van der Waals surface area contributed by atoms with Crippen LogP contribution >= 0.6 is 7.82 Å². The predicted molar refractivity (Wildman–Crippen MR) is 99.1 cm³/mol. The summed E-state index contributed by atoms with van der Waals surface area (Å²) in [5.41, 5.74) is 6.27. The number of hydrogen-bond acceptors (Lipinski definition) is 13. The molecule has 2 aliphatic heterocycles. The molecule has 0 radical (unpaired) electrons. The van der Waals surface area contributed by atoms with Crippen LogP contribution in [0.3, 0.4) is 0 Å². The zero-order valence-corrected chi connectivity index (χ0v) is 16.8. The fourth-order valence-corrected chi connectivity index (χ4v) is 4.35. The van der Waals surface area contributed by atoms with E-state index in [1.54, 1.807) is 0 Å². The summed E-state index contributed by atoms with van der Waals surface area (Å²) in [4.78, 5) is 21.8. The molecule has 0 amide bonds. The first-order valence-corrected chi connectivity index (χ1v) is 10.7. The lowest BCUT2D eigenvalue weighted by atomic mass is 10.1. The maximum Gasteiger partial charge on any atom is 0.472 e. The van der Waals surface area contributed by atoms with Gasteiger partial charge in [0.05, 0.1) is 26.1 Å². The second kappa shape index (κ2) is 8.63. The molecule has 2 aromatic heterocycles. The normalized spacial score (nSPS) is 35.6. The smallest absolute Gasteiger partial charge is 0.394 e. The molecule has 31 heavy (non-hydrogen) atoms. The molecule has 0 spiro atoms. The van der Waals surface area contributed by atoms with Crippen molar-refractivity contribution >= 4 is 24.8 Å². The number of phosphoric acid groups is 1. The number of fused-ring (bicyclic) bond motifs is 1. The van der Waals surface area contributed by atoms with Gasteiger partial charge in [0.15, 0.2) is 17.7 Å². The minimum absolute atomic E-state index is 0.122.